The van der Waals surface area contributed by atoms with E-state index in [0.29, 0.717) is 26.0 Å². The van der Waals surface area contributed by atoms with Gasteiger partial charge >= 0.3 is 5.97 Å². The molecule has 1 aromatic rings. The van der Waals surface area contributed by atoms with E-state index in [0.717, 1.165) is 31.0 Å². The van der Waals surface area contributed by atoms with E-state index < -0.39 is 0 Å². The maximum absolute atomic E-state index is 11.4. The fourth-order valence-electron chi connectivity index (χ4n) is 4.10. The first kappa shape index (κ1) is 22.8. The fraction of sp³-hybridized carbons (Fsp3) is 0.619. The minimum Gasteiger partial charge on any atom is -0.487 e. The van der Waals surface area contributed by atoms with Crippen LogP contribution in [-0.4, -0.2) is 37.7 Å². The van der Waals surface area contributed by atoms with Crippen molar-refractivity contribution in [2.24, 2.45) is 4.99 Å². The van der Waals surface area contributed by atoms with Gasteiger partial charge in [-0.3, -0.25) is 9.79 Å². The van der Waals surface area contributed by atoms with Crippen LogP contribution in [0.5, 0.6) is 5.75 Å². The zero-order valence-electron chi connectivity index (χ0n) is 16.8. The summed E-state index contributed by atoms with van der Waals surface area (Å²) in [5, 5.41) is 6.88. The Labute approximate surface area is 184 Å². The molecular weight excluding hydrogens is 469 g/mol. The van der Waals surface area contributed by atoms with E-state index in [4.69, 9.17) is 9.47 Å². The number of aliphatic imine (C=N–C) groups is 1. The largest absolute Gasteiger partial charge is 0.487 e. The zero-order valence-corrected chi connectivity index (χ0v) is 19.2. The molecule has 0 radical (unpaired) electrons. The van der Waals surface area contributed by atoms with Gasteiger partial charge in [-0.1, -0.05) is 18.2 Å². The summed E-state index contributed by atoms with van der Waals surface area (Å²) in [6.45, 7) is 2.93. The Balaban J connectivity index is 0.00000280. The van der Waals surface area contributed by atoms with Crippen molar-refractivity contribution in [1.82, 2.24) is 10.6 Å². The van der Waals surface area contributed by atoms with Crippen LogP contribution >= 0.6 is 24.0 Å². The molecule has 2 N–H and O–H groups in total. The minimum absolute atomic E-state index is 0. The Hall–Kier alpha value is -1.51. The van der Waals surface area contributed by atoms with E-state index in [1.165, 1.54) is 18.4 Å². The second kappa shape index (κ2) is 10.9. The van der Waals surface area contributed by atoms with Gasteiger partial charge in [0, 0.05) is 32.0 Å². The number of para-hydroxylation sites is 1. The number of guanidine groups is 1. The number of hydrogen-bond donors (Lipinski definition) is 2. The lowest BCUT2D eigenvalue weighted by Gasteiger charge is -2.40. The van der Waals surface area contributed by atoms with Crippen molar-refractivity contribution in [3.8, 4) is 5.75 Å². The fourth-order valence-corrected chi connectivity index (χ4v) is 4.10. The van der Waals surface area contributed by atoms with Gasteiger partial charge in [0.05, 0.1) is 12.6 Å². The van der Waals surface area contributed by atoms with Gasteiger partial charge in [-0.2, -0.15) is 0 Å². The third-order valence-electron chi connectivity index (χ3n) is 5.40. The van der Waals surface area contributed by atoms with Gasteiger partial charge in [-0.25, -0.2) is 0 Å². The average Bonchev–Trinajstić information content (AvgIpc) is 3.11. The molecule has 1 heterocycles. The molecule has 0 bridgehead atoms. The van der Waals surface area contributed by atoms with Crippen molar-refractivity contribution in [1.29, 1.82) is 0 Å². The van der Waals surface area contributed by atoms with Crippen LogP contribution in [0.25, 0.3) is 0 Å². The smallest absolute Gasteiger partial charge is 0.305 e. The van der Waals surface area contributed by atoms with Gasteiger partial charge in [0.25, 0.3) is 0 Å². The van der Waals surface area contributed by atoms with Crippen molar-refractivity contribution >= 4 is 35.9 Å². The van der Waals surface area contributed by atoms with E-state index >= 15 is 0 Å². The first-order valence-corrected chi connectivity index (χ1v) is 10.1. The lowest BCUT2D eigenvalue weighted by Crippen LogP contribution is -2.46. The van der Waals surface area contributed by atoms with Crippen LogP contribution in [0.15, 0.2) is 29.3 Å². The number of esters is 1. The van der Waals surface area contributed by atoms with Gasteiger partial charge in [0.2, 0.25) is 0 Å². The van der Waals surface area contributed by atoms with Gasteiger partial charge < -0.3 is 20.1 Å². The molecule has 0 amide bonds. The summed E-state index contributed by atoms with van der Waals surface area (Å²) in [4.78, 5) is 15.8. The Morgan fingerprint density at radius 1 is 1.32 bits per heavy atom. The number of rotatable bonds is 6. The summed E-state index contributed by atoms with van der Waals surface area (Å²) >= 11 is 0. The quantitative estimate of drug-likeness (QED) is 0.203. The third kappa shape index (κ3) is 5.75. The maximum atomic E-state index is 11.4. The predicted octanol–water partition coefficient (Wildman–Crippen LogP) is 3.95. The van der Waals surface area contributed by atoms with Crippen molar-refractivity contribution in [2.75, 3.05) is 20.2 Å². The van der Waals surface area contributed by atoms with Crippen molar-refractivity contribution in [3.63, 3.8) is 0 Å². The molecule has 1 aliphatic carbocycles. The molecule has 1 saturated carbocycles. The van der Waals surface area contributed by atoms with E-state index in [9.17, 15) is 4.79 Å². The molecule has 28 heavy (non-hydrogen) atoms. The number of fused-ring (bicyclic) bond motifs is 1. The van der Waals surface area contributed by atoms with Crippen molar-refractivity contribution < 1.29 is 14.3 Å². The Morgan fingerprint density at radius 3 is 2.79 bits per heavy atom. The van der Waals surface area contributed by atoms with E-state index in [1.54, 1.807) is 7.05 Å². The highest BCUT2D eigenvalue weighted by molar-refractivity contribution is 14.0. The summed E-state index contributed by atoms with van der Waals surface area (Å²) in [6, 6.07) is 8.46. The maximum Gasteiger partial charge on any atom is 0.305 e. The summed E-state index contributed by atoms with van der Waals surface area (Å²) in [7, 11) is 1.78. The number of carbonyl (C=O) groups is 1. The normalized spacial score (nSPS) is 19.9. The van der Waals surface area contributed by atoms with Crippen LogP contribution in [0.1, 0.15) is 63.5 Å². The van der Waals surface area contributed by atoms with Crippen LogP contribution in [-0.2, 0) is 9.53 Å². The van der Waals surface area contributed by atoms with Crippen molar-refractivity contribution in [3.05, 3.63) is 29.8 Å². The molecule has 1 aliphatic heterocycles. The summed E-state index contributed by atoms with van der Waals surface area (Å²) < 4.78 is 11.4. The van der Waals surface area contributed by atoms with Crippen LogP contribution in [0.2, 0.25) is 0 Å². The number of hydrogen-bond acceptors (Lipinski definition) is 4. The molecule has 3 rings (SSSR count). The molecule has 0 aromatic heterocycles. The molecular formula is C21H32IN3O3. The third-order valence-corrected chi connectivity index (χ3v) is 5.40. The van der Waals surface area contributed by atoms with Gasteiger partial charge in [-0.05, 0) is 45.1 Å². The Bertz CT molecular complexity index is 675. The van der Waals surface area contributed by atoms with Crippen LogP contribution < -0.4 is 15.4 Å². The highest BCUT2D eigenvalue weighted by Gasteiger charge is 2.43. The standard InChI is InChI=1S/C21H31N3O3.HI/c1-3-26-19(25)11-8-14-23-20(22-2)24-17-15-21(12-6-7-13-21)27-18-10-5-4-9-16(17)18;/h4-5,9-10,17H,3,6-8,11-15H2,1-2H3,(H2,22,23,24);1H. The molecule has 0 saturated heterocycles. The average molecular weight is 501 g/mol. The van der Waals surface area contributed by atoms with Gasteiger partial charge in [0.15, 0.2) is 5.96 Å². The molecule has 7 heteroatoms. The summed E-state index contributed by atoms with van der Waals surface area (Å²) in [6.07, 6.45) is 6.78. The lowest BCUT2D eigenvalue weighted by molar-refractivity contribution is -0.143. The number of nitrogens with zero attached hydrogens (tertiary/aromatic N) is 1. The summed E-state index contributed by atoms with van der Waals surface area (Å²) in [5.41, 5.74) is 1.14. The second-order valence-electron chi connectivity index (χ2n) is 7.34. The predicted molar refractivity (Wildman–Crippen MR) is 121 cm³/mol. The molecule has 156 valence electrons. The van der Waals surface area contributed by atoms with Crippen LogP contribution in [0.4, 0.5) is 0 Å². The van der Waals surface area contributed by atoms with Gasteiger partial charge in [-0.15, -0.1) is 24.0 Å². The monoisotopic (exact) mass is 501 g/mol. The number of halogens is 1. The Morgan fingerprint density at radius 2 is 2.07 bits per heavy atom. The van der Waals surface area contributed by atoms with E-state index in [-0.39, 0.29) is 41.6 Å². The highest BCUT2D eigenvalue weighted by atomic mass is 127. The number of nitrogens with one attached hydrogen (secondary N) is 2. The van der Waals surface area contributed by atoms with Crippen molar-refractivity contribution in [2.45, 2.75) is 63.5 Å². The SMILES string of the molecule is CCOC(=O)CCCNC(=NC)NC1CC2(CCCC2)Oc2ccccc21.I. The molecule has 1 aromatic carbocycles. The van der Waals surface area contributed by atoms with Gasteiger partial charge in [0.1, 0.15) is 11.4 Å². The second-order valence-corrected chi connectivity index (χ2v) is 7.34. The number of benzene rings is 1. The first-order valence-electron chi connectivity index (χ1n) is 10.1. The lowest BCUT2D eigenvalue weighted by atomic mass is 9.86. The minimum atomic E-state index is -0.149. The van der Waals surface area contributed by atoms with E-state index in [1.807, 2.05) is 13.0 Å². The molecule has 6 nitrogen and oxygen atoms in total. The zero-order chi connectivity index (χ0) is 19.1. The molecule has 1 spiro atoms. The topological polar surface area (TPSA) is 72.0 Å². The Kier molecular flexibility index (Phi) is 8.85. The number of carbonyl (C=O) groups excluding carboxylic acids is 1. The van der Waals surface area contributed by atoms with E-state index in [2.05, 4.69) is 33.8 Å². The highest BCUT2D eigenvalue weighted by Crippen LogP contribution is 2.46. The van der Waals surface area contributed by atoms with Crippen LogP contribution in [0, 0.1) is 0 Å². The number of ether oxygens (including phenoxy) is 2. The molecule has 1 atom stereocenters. The molecule has 1 fully saturated rings. The first-order chi connectivity index (χ1) is 13.2. The molecule has 2 aliphatic rings. The summed E-state index contributed by atoms with van der Waals surface area (Å²) in [5.74, 6) is 1.60. The van der Waals surface area contributed by atoms with Crippen LogP contribution in [0.3, 0.4) is 0 Å². The molecule has 1 unspecified atom stereocenters.